The van der Waals surface area contributed by atoms with Gasteiger partial charge in [0.05, 0.1) is 18.2 Å². The van der Waals surface area contributed by atoms with Crippen LogP contribution < -0.4 is 14.8 Å². The average molecular weight is 533 g/mol. The molecule has 9 nitrogen and oxygen atoms in total. The number of phenols is 2. The van der Waals surface area contributed by atoms with Crippen molar-refractivity contribution in [2.45, 2.75) is 77.7 Å². The summed E-state index contributed by atoms with van der Waals surface area (Å²) in [5, 5.41) is 36.6. The van der Waals surface area contributed by atoms with E-state index in [1.54, 1.807) is 0 Å². The first kappa shape index (κ1) is 25.8. The van der Waals surface area contributed by atoms with Crippen molar-refractivity contribution in [3.05, 3.63) is 45.0 Å². The lowest BCUT2D eigenvalue weighted by molar-refractivity contribution is -0.125. The Hall–Kier alpha value is -3.48. The molecule has 0 saturated carbocycles. The summed E-state index contributed by atoms with van der Waals surface area (Å²) >= 11 is 0. The van der Waals surface area contributed by atoms with E-state index < -0.39 is 12.1 Å². The van der Waals surface area contributed by atoms with Crippen molar-refractivity contribution in [1.82, 2.24) is 15.1 Å². The quantitative estimate of drug-likeness (QED) is 0.551. The lowest BCUT2D eigenvalue weighted by atomic mass is 9.71. The topological polar surface area (TPSA) is 118 Å². The maximum Gasteiger partial charge on any atom is 0.231 e. The van der Waals surface area contributed by atoms with Crippen molar-refractivity contribution >= 4 is 5.91 Å². The fourth-order valence-corrected chi connectivity index (χ4v) is 7.31. The number of nitriles is 1. The van der Waals surface area contributed by atoms with Crippen LogP contribution in [-0.4, -0.2) is 64.4 Å². The Bertz CT molecular complexity index is 1430. The van der Waals surface area contributed by atoms with E-state index in [1.807, 2.05) is 41.7 Å². The molecule has 4 aliphatic heterocycles. The molecular formula is C30H36N4O5. The number of amides is 1. The zero-order chi connectivity index (χ0) is 27.9. The van der Waals surface area contributed by atoms with E-state index in [0.29, 0.717) is 35.7 Å². The molecule has 0 aliphatic carbocycles. The second kappa shape index (κ2) is 9.04. The monoisotopic (exact) mass is 532 g/mol. The van der Waals surface area contributed by atoms with Gasteiger partial charge in [0.25, 0.3) is 0 Å². The molecule has 0 spiro atoms. The molecule has 1 fully saturated rings. The van der Waals surface area contributed by atoms with Gasteiger partial charge in [0, 0.05) is 46.8 Å². The van der Waals surface area contributed by atoms with Gasteiger partial charge in [-0.3, -0.25) is 14.6 Å². The van der Waals surface area contributed by atoms with Gasteiger partial charge in [0.2, 0.25) is 12.7 Å². The minimum absolute atomic E-state index is 0.0517. The van der Waals surface area contributed by atoms with Gasteiger partial charge in [-0.25, -0.2) is 0 Å². The van der Waals surface area contributed by atoms with Gasteiger partial charge in [0.1, 0.15) is 17.5 Å². The Morgan fingerprint density at radius 3 is 2.51 bits per heavy atom. The molecule has 6 rings (SSSR count). The fourth-order valence-electron chi connectivity index (χ4n) is 7.31. The number of aryl methyl sites for hydroxylation is 1. The van der Waals surface area contributed by atoms with Crippen LogP contribution in [0, 0.1) is 38.0 Å². The molecule has 206 valence electrons. The number of rotatable bonds is 3. The van der Waals surface area contributed by atoms with E-state index in [9.17, 15) is 20.3 Å². The lowest BCUT2D eigenvalue weighted by Crippen LogP contribution is -2.68. The lowest BCUT2D eigenvalue weighted by Gasteiger charge is -2.60. The predicted molar refractivity (Wildman–Crippen MR) is 144 cm³/mol. The molecule has 0 radical (unpaired) electrons. The van der Waals surface area contributed by atoms with Gasteiger partial charge < -0.3 is 25.0 Å². The molecular weight excluding hydrogens is 496 g/mol. The summed E-state index contributed by atoms with van der Waals surface area (Å²) in [5.41, 5.74) is 6.01. The highest BCUT2D eigenvalue weighted by Crippen LogP contribution is 2.57. The van der Waals surface area contributed by atoms with Crippen LogP contribution in [0.15, 0.2) is 6.07 Å². The molecule has 2 bridgehead atoms. The summed E-state index contributed by atoms with van der Waals surface area (Å²) in [5.74, 6) is 1.28. The number of likely N-dealkylation sites (N-methyl/N-ethyl adjacent to an activating group) is 1. The van der Waals surface area contributed by atoms with Crippen LogP contribution in [0.3, 0.4) is 0 Å². The van der Waals surface area contributed by atoms with Crippen molar-refractivity contribution in [2.24, 2.45) is 5.92 Å². The zero-order valence-corrected chi connectivity index (χ0v) is 23.3. The number of piperazine rings is 1. The maximum absolute atomic E-state index is 12.7. The Morgan fingerprint density at radius 1 is 1.10 bits per heavy atom. The first-order valence-corrected chi connectivity index (χ1v) is 13.7. The van der Waals surface area contributed by atoms with E-state index >= 15 is 0 Å². The zero-order valence-electron chi connectivity index (χ0n) is 23.3. The number of benzene rings is 2. The highest BCUT2D eigenvalue weighted by molar-refractivity contribution is 5.78. The molecule has 9 heteroatoms. The van der Waals surface area contributed by atoms with E-state index in [1.165, 1.54) is 0 Å². The summed E-state index contributed by atoms with van der Waals surface area (Å²) in [6.07, 6.45) is 1.09. The van der Waals surface area contributed by atoms with Gasteiger partial charge in [-0.2, -0.15) is 5.26 Å². The maximum atomic E-state index is 12.7. The van der Waals surface area contributed by atoms with Crippen LogP contribution in [0.25, 0.3) is 0 Å². The predicted octanol–water partition coefficient (Wildman–Crippen LogP) is 3.30. The Balaban J connectivity index is 1.58. The van der Waals surface area contributed by atoms with Crippen molar-refractivity contribution in [3.63, 3.8) is 0 Å². The summed E-state index contributed by atoms with van der Waals surface area (Å²) in [6, 6.07) is 3.29. The summed E-state index contributed by atoms with van der Waals surface area (Å²) in [4.78, 5) is 17.2. The van der Waals surface area contributed by atoms with Crippen molar-refractivity contribution in [3.8, 4) is 29.1 Å². The molecule has 4 aliphatic rings. The molecule has 1 unspecified atom stereocenters. The standard InChI is InChI=1S/C30H36N4O5/c1-13(2)30(37)32-11-22-24-18(26(35)16(5)28-29(24)39-12-38-28)9-20-25-23-17(7-14(3)15(4)27(23)36)8-19(33(25)6)21(10-31)34(20)22/h7,13,19-22,25,35-36H,8-9,11-12H2,1-6H3,(H,32,37)/t19-,20?,21+,22+,25+/m1/s1. The van der Waals surface area contributed by atoms with Crippen LogP contribution in [0.5, 0.6) is 23.0 Å². The first-order valence-electron chi connectivity index (χ1n) is 13.7. The average Bonchev–Trinajstić information content (AvgIpc) is 3.39. The molecule has 1 amide bonds. The fraction of sp³-hybridized carbons (Fsp3) is 0.533. The smallest absolute Gasteiger partial charge is 0.231 e. The third-order valence-electron chi connectivity index (χ3n) is 9.46. The first-order chi connectivity index (χ1) is 18.6. The number of nitrogens with one attached hydrogen (secondary N) is 1. The molecule has 2 aromatic carbocycles. The van der Waals surface area contributed by atoms with Crippen molar-refractivity contribution in [1.29, 1.82) is 5.26 Å². The third kappa shape index (κ3) is 3.54. The molecule has 39 heavy (non-hydrogen) atoms. The molecule has 0 aromatic heterocycles. The number of carbonyl (C=O) groups excluding carboxylic acids is 1. The van der Waals surface area contributed by atoms with E-state index in [2.05, 4.69) is 27.3 Å². The summed E-state index contributed by atoms with van der Waals surface area (Å²) in [6.45, 7) is 9.76. The highest BCUT2D eigenvalue weighted by Gasteiger charge is 2.56. The van der Waals surface area contributed by atoms with E-state index in [0.717, 1.165) is 33.4 Å². The van der Waals surface area contributed by atoms with Gasteiger partial charge in [-0.05, 0) is 57.4 Å². The molecule has 3 N–H and O–H groups in total. The molecule has 1 saturated heterocycles. The van der Waals surface area contributed by atoms with Crippen LogP contribution in [0.1, 0.15) is 64.9 Å². The Kier molecular flexibility index (Phi) is 5.97. The summed E-state index contributed by atoms with van der Waals surface area (Å²) in [7, 11) is 2.03. The van der Waals surface area contributed by atoms with Crippen LogP contribution in [-0.2, 0) is 17.6 Å². The van der Waals surface area contributed by atoms with Crippen molar-refractivity contribution < 1.29 is 24.5 Å². The van der Waals surface area contributed by atoms with Gasteiger partial charge >= 0.3 is 0 Å². The molecule has 5 atom stereocenters. The largest absolute Gasteiger partial charge is 0.507 e. The minimum atomic E-state index is -0.483. The van der Waals surface area contributed by atoms with E-state index in [4.69, 9.17) is 9.47 Å². The second-order valence-corrected chi connectivity index (χ2v) is 11.8. The number of carbonyl (C=O) groups is 1. The normalized spacial score (nSPS) is 27.0. The Labute approximate surface area is 228 Å². The Morgan fingerprint density at radius 2 is 1.82 bits per heavy atom. The minimum Gasteiger partial charge on any atom is -0.507 e. The number of ether oxygens (including phenoxy) is 2. The number of nitrogens with zero attached hydrogens (tertiary/aromatic N) is 3. The van der Waals surface area contributed by atoms with E-state index in [-0.39, 0.29) is 49.0 Å². The van der Waals surface area contributed by atoms with Crippen LogP contribution in [0.2, 0.25) is 0 Å². The third-order valence-corrected chi connectivity index (χ3v) is 9.46. The van der Waals surface area contributed by atoms with Gasteiger partial charge in [-0.1, -0.05) is 19.9 Å². The number of hydrogen-bond acceptors (Lipinski definition) is 8. The number of phenolic OH excluding ortho intramolecular Hbond substituents is 2. The van der Waals surface area contributed by atoms with Crippen LogP contribution >= 0.6 is 0 Å². The van der Waals surface area contributed by atoms with Crippen LogP contribution in [0.4, 0.5) is 0 Å². The van der Waals surface area contributed by atoms with Crippen molar-refractivity contribution in [2.75, 3.05) is 20.4 Å². The molecule has 4 heterocycles. The van der Waals surface area contributed by atoms with Gasteiger partial charge in [-0.15, -0.1) is 0 Å². The second-order valence-electron chi connectivity index (χ2n) is 11.8. The van der Waals surface area contributed by atoms with Gasteiger partial charge in [0.15, 0.2) is 11.5 Å². The molecule has 2 aromatic rings. The summed E-state index contributed by atoms with van der Waals surface area (Å²) < 4.78 is 11.7. The number of hydrogen-bond donors (Lipinski definition) is 3. The highest BCUT2D eigenvalue weighted by atomic mass is 16.7. The number of fused-ring (bicyclic) bond motifs is 9. The number of aromatic hydroxyl groups is 2. The SMILES string of the molecule is Cc1cc2c(c(O)c1C)[C@@H]1C3Cc4c(O)c(C)c5c(c4[C@H](CNC(=O)C(C)C)N3[C@@H](C#N)[C@@H](C2)N1C)OCO5.